The van der Waals surface area contributed by atoms with E-state index < -0.39 is 5.97 Å². The number of rotatable bonds is 20. The van der Waals surface area contributed by atoms with Crippen LogP contribution in [0.1, 0.15) is 110 Å². The minimum absolute atomic E-state index is 0.0174. The molecule has 1 heterocycles. The zero-order chi connectivity index (χ0) is 23.4. The van der Waals surface area contributed by atoms with Gasteiger partial charge in [0.2, 0.25) is 0 Å². The number of aliphatic carboxylic acids is 1. The summed E-state index contributed by atoms with van der Waals surface area (Å²) in [5.74, 6) is 0.524. The molecule has 1 rings (SSSR count). The highest BCUT2D eigenvalue weighted by atomic mass is 32.2. The fourth-order valence-corrected chi connectivity index (χ4v) is 5.86. The van der Waals surface area contributed by atoms with Gasteiger partial charge in [0.05, 0.1) is 12.5 Å². The van der Waals surface area contributed by atoms with E-state index in [1.807, 2.05) is 11.8 Å². The molecule has 1 N–H and O–H groups in total. The minimum Gasteiger partial charge on any atom is -0.481 e. The van der Waals surface area contributed by atoms with Crippen molar-refractivity contribution < 1.29 is 19.4 Å². The number of carbonyl (C=O) groups is 2. The Balaban J connectivity index is 2.12. The van der Waals surface area contributed by atoms with Gasteiger partial charge in [0, 0.05) is 18.2 Å². The Morgan fingerprint density at radius 1 is 0.906 bits per heavy atom. The average Bonchev–Trinajstić information content (AvgIpc) is 2.76. The van der Waals surface area contributed by atoms with Crippen LogP contribution in [-0.4, -0.2) is 59.7 Å². The maximum atomic E-state index is 12.7. The molecular weight excluding hydrogens is 422 g/mol. The van der Waals surface area contributed by atoms with Gasteiger partial charge in [-0.05, 0) is 45.0 Å². The molecule has 0 radical (unpaired) electrons. The van der Waals surface area contributed by atoms with Gasteiger partial charge in [-0.1, -0.05) is 77.6 Å². The Morgan fingerprint density at radius 2 is 1.50 bits per heavy atom. The molecular formula is C26H49NO4S. The van der Waals surface area contributed by atoms with Crippen LogP contribution in [0.3, 0.4) is 0 Å². The van der Waals surface area contributed by atoms with E-state index in [4.69, 9.17) is 9.84 Å². The molecule has 1 aliphatic heterocycles. The number of esters is 1. The molecule has 0 saturated carbocycles. The summed E-state index contributed by atoms with van der Waals surface area (Å²) in [5.41, 5.74) is 0. The zero-order valence-corrected chi connectivity index (χ0v) is 21.6. The highest BCUT2D eigenvalue weighted by Crippen LogP contribution is 2.29. The van der Waals surface area contributed by atoms with E-state index in [2.05, 4.69) is 18.9 Å². The fourth-order valence-electron chi connectivity index (χ4n) is 4.35. The molecule has 1 fully saturated rings. The first-order valence-electron chi connectivity index (χ1n) is 13.2. The van der Waals surface area contributed by atoms with Crippen molar-refractivity contribution in [2.75, 3.05) is 32.5 Å². The van der Waals surface area contributed by atoms with Crippen LogP contribution in [0.15, 0.2) is 0 Å². The highest BCUT2D eigenvalue weighted by Gasteiger charge is 2.34. The number of hydrogen-bond acceptors (Lipinski definition) is 5. The van der Waals surface area contributed by atoms with Crippen molar-refractivity contribution in [1.82, 2.24) is 4.90 Å². The van der Waals surface area contributed by atoms with Crippen molar-refractivity contribution >= 4 is 23.7 Å². The summed E-state index contributed by atoms with van der Waals surface area (Å²) in [6, 6.07) is 0. The van der Waals surface area contributed by atoms with Crippen LogP contribution in [0.5, 0.6) is 0 Å². The lowest BCUT2D eigenvalue weighted by molar-refractivity contribution is -0.150. The third-order valence-corrected chi connectivity index (χ3v) is 7.85. The first-order valence-corrected chi connectivity index (χ1v) is 14.3. The standard InChI is InChI=1S/C26H49NO4S/c1-3-4-5-6-10-13-16-21-32-24-22-27(2)19-18-23(24)26(30)31-20-15-12-9-7-8-11-14-17-25(28)29/h23-24H,3-22H2,1-2H3,(H,28,29). The van der Waals surface area contributed by atoms with Gasteiger partial charge in [-0.15, -0.1) is 0 Å². The summed E-state index contributed by atoms with van der Waals surface area (Å²) >= 11 is 1.99. The lowest BCUT2D eigenvalue weighted by Gasteiger charge is -2.35. The van der Waals surface area contributed by atoms with Crippen molar-refractivity contribution in [1.29, 1.82) is 0 Å². The van der Waals surface area contributed by atoms with Gasteiger partial charge in [0.15, 0.2) is 0 Å². The molecule has 0 aliphatic carbocycles. The van der Waals surface area contributed by atoms with Gasteiger partial charge in [0.1, 0.15) is 0 Å². The number of carboxylic acids is 1. The summed E-state index contributed by atoms with van der Waals surface area (Å²) in [6.07, 6.45) is 17.7. The van der Waals surface area contributed by atoms with Gasteiger partial charge >= 0.3 is 11.9 Å². The van der Waals surface area contributed by atoms with E-state index >= 15 is 0 Å². The first-order chi connectivity index (χ1) is 15.5. The van der Waals surface area contributed by atoms with E-state index in [0.29, 0.717) is 11.9 Å². The van der Waals surface area contributed by atoms with Gasteiger partial charge in [-0.3, -0.25) is 9.59 Å². The van der Waals surface area contributed by atoms with Crippen molar-refractivity contribution in [2.24, 2.45) is 5.92 Å². The normalized spacial score (nSPS) is 19.2. The lowest BCUT2D eigenvalue weighted by Crippen LogP contribution is -2.44. The van der Waals surface area contributed by atoms with E-state index in [9.17, 15) is 9.59 Å². The lowest BCUT2D eigenvalue weighted by atomic mass is 9.97. The molecule has 2 atom stereocenters. The van der Waals surface area contributed by atoms with Gasteiger partial charge in [0.25, 0.3) is 0 Å². The van der Waals surface area contributed by atoms with Crippen molar-refractivity contribution in [3.05, 3.63) is 0 Å². The second-order valence-electron chi connectivity index (χ2n) is 9.47. The molecule has 0 aromatic heterocycles. The Hall–Kier alpha value is -0.750. The van der Waals surface area contributed by atoms with Crippen molar-refractivity contribution in [2.45, 2.75) is 115 Å². The SMILES string of the molecule is CCCCCCCCCSC1CN(C)CCC1C(=O)OCCCCCCCCCC(=O)O. The molecule has 0 spiro atoms. The number of unbranched alkanes of at least 4 members (excludes halogenated alkanes) is 12. The molecule has 188 valence electrons. The Morgan fingerprint density at radius 3 is 2.16 bits per heavy atom. The smallest absolute Gasteiger partial charge is 0.310 e. The van der Waals surface area contributed by atoms with E-state index in [-0.39, 0.29) is 18.3 Å². The highest BCUT2D eigenvalue weighted by molar-refractivity contribution is 7.99. The number of likely N-dealkylation sites (tertiary alicyclic amines) is 1. The molecule has 0 amide bonds. The molecule has 2 unspecified atom stereocenters. The Bertz CT molecular complexity index is 488. The number of hydrogen-bond donors (Lipinski definition) is 1. The van der Waals surface area contributed by atoms with E-state index in [1.165, 1.54) is 44.9 Å². The summed E-state index contributed by atoms with van der Waals surface area (Å²) in [5, 5.41) is 9.00. The number of thioether (sulfide) groups is 1. The molecule has 6 heteroatoms. The molecule has 5 nitrogen and oxygen atoms in total. The van der Waals surface area contributed by atoms with E-state index in [0.717, 1.165) is 70.2 Å². The van der Waals surface area contributed by atoms with Crippen LogP contribution < -0.4 is 0 Å². The third kappa shape index (κ3) is 15.2. The summed E-state index contributed by atoms with van der Waals surface area (Å²) < 4.78 is 5.66. The number of carboxylic acid groups (broad SMARTS) is 1. The molecule has 0 bridgehead atoms. The van der Waals surface area contributed by atoms with Crippen LogP contribution >= 0.6 is 11.8 Å². The molecule has 0 aromatic carbocycles. The number of nitrogens with zero attached hydrogens (tertiary/aromatic N) is 1. The Labute approximate surface area is 201 Å². The van der Waals surface area contributed by atoms with Gasteiger partial charge in [-0.2, -0.15) is 11.8 Å². The van der Waals surface area contributed by atoms with Gasteiger partial charge in [-0.25, -0.2) is 0 Å². The summed E-state index contributed by atoms with van der Waals surface area (Å²) in [4.78, 5) is 25.5. The first kappa shape index (κ1) is 29.3. The second-order valence-corrected chi connectivity index (χ2v) is 10.8. The quantitative estimate of drug-likeness (QED) is 0.161. The maximum Gasteiger partial charge on any atom is 0.310 e. The van der Waals surface area contributed by atoms with Crippen molar-refractivity contribution in [3.8, 4) is 0 Å². The minimum atomic E-state index is -0.699. The van der Waals surface area contributed by atoms with Crippen molar-refractivity contribution in [3.63, 3.8) is 0 Å². The topological polar surface area (TPSA) is 66.8 Å². The predicted molar refractivity (Wildman–Crippen MR) is 135 cm³/mol. The number of carbonyl (C=O) groups excluding carboxylic acids is 1. The van der Waals surface area contributed by atoms with Crippen LogP contribution in [-0.2, 0) is 14.3 Å². The monoisotopic (exact) mass is 471 g/mol. The summed E-state index contributed by atoms with van der Waals surface area (Å²) in [7, 11) is 2.16. The van der Waals surface area contributed by atoms with E-state index in [1.54, 1.807) is 0 Å². The zero-order valence-electron chi connectivity index (χ0n) is 20.8. The molecule has 1 saturated heterocycles. The number of ether oxygens (including phenoxy) is 1. The van der Waals surface area contributed by atoms with Gasteiger partial charge < -0.3 is 14.7 Å². The maximum absolute atomic E-state index is 12.7. The Kier molecular flexibility index (Phi) is 18.0. The second kappa shape index (κ2) is 19.7. The largest absolute Gasteiger partial charge is 0.481 e. The number of piperidine rings is 1. The third-order valence-electron chi connectivity index (χ3n) is 6.42. The van der Waals surface area contributed by atoms with Crippen LogP contribution in [0.25, 0.3) is 0 Å². The van der Waals surface area contributed by atoms with Crippen LogP contribution in [0, 0.1) is 5.92 Å². The summed E-state index contributed by atoms with van der Waals surface area (Å²) in [6.45, 7) is 4.77. The average molecular weight is 472 g/mol. The molecule has 0 aromatic rings. The predicted octanol–water partition coefficient (Wildman–Crippen LogP) is 6.54. The molecule has 1 aliphatic rings. The van der Waals surface area contributed by atoms with Crippen LogP contribution in [0.2, 0.25) is 0 Å². The fraction of sp³-hybridized carbons (Fsp3) is 0.923. The molecule has 32 heavy (non-hydrogen) atoms. The van der Waals surface area contributed by atoms with Crippen LogP contribution in [0.4, 0.5) is 0 Å².